The number of hydrogen-bond donors (Lipinski definition) is 0. The minimum absolute atomic E-state index is 0.162. The predicted octanol–water partition coefficient (Wildman–Crippen LogP) is 4.09. The van der Waals surface area contributed by atoms with Crippen molar-refractivity contribution in [3.05, 3.63) is 63.1 Å². The van der Waals surface area contributed by atoms with Gasteiger partial charge < -0.3 is 0 Å². The van der Waals surface area contributed by atoms with Gasteiger partial charge in [-0.15, -0.1) is 0 Å². The second-order valence-electron chi connectivity index (χ2n) is 5.27. The van der Waals surface area contributed by atoms with Gasteiger partial charge in [-0.1, -0.05) is 45.9 Å². The van der Waals surface area contributed by atoms with Crippen LogP contribution in [0.3, 0.4) is 0 Å². The third-order valence-corrected chi connectivity index (χ3v) is 4.22. The van der Waals surface area contributed by atoms with Crippen LogP contribution in [0.15, 0.2) is 35.1 Å². The Balaban J connectivity index is 2.90. The normalized spacial score (nSPS) is 10.9. The molecule has 2 rings (SSSR count). The van der Waals surface area contributed by atoms with Crippen LogP contribution in [0.5, 0.6) is 0 Å². The fraction of sp³-hybridized carbons (Fsp3) is 0.421. The molecule has 0 unspecified atom stereocenters. The standard InChI is InChI=1S/C19H25NO/c1-5-15-16(6-2)18(8-4)20(19(21)17(15)7-3)14-12-10-9-11-13-14/h9-13H,5-8H2,1-4H3. The van der Waals surface area contributed by atoms with Crippen LogP contribution in [0.25, 0.3) is 5.69 Å². The minimum Gasteiger partial charge on any atom is -0.281 e. The molecule has 1 aromatic heterocycles. The summed E-state index contributed by atoms with van der Waals surface area (Å²) in [7, 11) is 0. The van der Waals surface area contributed by atoms with E-state index in [2.05, 4.69) is 27.7 Å². The summed E-state index contributed by atoms with van der Waals surface area (Å²) in [5.74, 6) is 0. The molecule has 1 heterocycles. The number of nitrogens with zero attached hydrogens (tertiary/aromatic N) is 1. The zero-order chi connectivity index (χ0) is 15.4. The Kier molecular flexibility index (Phi) is 5.00. The Hall–Kier alpha value is -1.83. The average Bonchev–Trinajstić information content (AvgIpc) is 2.54. The molecule has 0 saturated heterocycles. The average molecular weight is 283 g/mol. The topological polar surface area (TPSA) is 22.0 Å². The van der Waals surface area contributed by atoms with E-state index in [9.17, 15) is 4.79 Å². The van der Waals surface area contributed by atoms with Crippen LogP contribution in [-0.4, -0.2) is 4.57 Å². The highest BCUT2D eigenvalue weighted by atomic mass is 16.1. The summed E-state index contributed by atoms with van der Waals surface area (Å²) in [6.07, 6.45) is 3.59. The van der Waals surface area contributed by atoms with E-state index < -0.39 is 0 Å². The zero-order valence-electron chi connectivity index (χ0n) is 13.6. The first-order valence-electron chi connectivity index (χ1n) is 8.03. The second kappa shape index (κ2) is 6.75. The second-order valence-corrected chi connectivity index (χ2v) is 5.27. The van der Waals surface area contributed by atoms with Crippen LogP contribution < -0.4 is 5.56 Å². The van der Waals surface area contributed by atoms with Gasteiger partial charge >= 0.3 is 0 Å². The maximum atomic E-state index is 13.0. The highest BCUT2D eigenvalue weighted by Crippen LogP contribution is 2.22. The Labute approximate surface area is 127 Å². The molecule has 0 saturated carbocycles. The van der Waals surface area contributed by atoms with E-state index in [1.165, 1.54) is 16.8 Å². The number of benzene rings is 1. The lowest BCUT2D eigenvalue weighted by Gasteiger charge is -2.21. The van der Waals surface area contributed by atoms with Gasteiger partial charge in [-0.05, 0) is 48.9 Å². The van der Waals surface area contributed by atoms with E-state index in [1.807, 2.05) is 34.9 Å². The van der Waals surface area contributed by atoms with E-state index in [0.29, 0.717) is 0 Å². The summed E-state index contributed by atoms with van der Waals surface area (Å²) in [5, 5.41) is 0. The molecule has 0 N–H and O–H groups in total. The quantitative estimate of drug-likeness (QED) is 0.810. The maximum Gasteiger partial charge on any atom is 0.258 e. The lowest BCUT2D eigenvalue weighted by Crippen LogP contribution is -2.29. The van der Waals surface area contributed by atoms with Crippen LogP contribution in [0.2, 0.25) is 0 Å². The van der Waals surface area contributed by atoms with Crippen molar-refractivity contribution in [1.82, 2.24) is 4.57 Å². The number of rotatable bonds is 5. The van der Waals surface area contributed by atoms with E-state index >= 15 is 0 Å². The van der Waals surface area contributed by atoms with Crippen molar-refractivity contribution >= 4 is 0 Å². The molecule has 2 nitrogen and oxygen atoms in total. The van der Waals surface area contributed by atoms with E-state index in [-0.39, 0.29) is 5.56 Å². The van der Waals surface area contributed by atoms with Gasteiger partial charge in [0.2, 0.25) is 0 Å². The highest BCUT2D eigenvalue weighted by molar-refractivity contribution is 5.44. The van der Waals surface area contributed by atoms with Gasteiger partial charge in [-0.3, -0.25) is 9.36 Å². The Bertz CT molecular complexity index is 668. The van der Waals surface area contributed by atoms with Crippen molar-refractivity contribution in [3.63, 3.8) is 0 Å². The van der Waals surface area contributed by atoms with Crippen LogP contribution >= 0.6 is 0 Å². The summed E-state index contributed by atoms with van der Waals surface area (Å²) < 4.78 is 1.93. The summed E-state index contributed by atoms with van der Waals surface area (Å²) in [6.45, 7) is 8.56. The fourth-order valence-electron chi connectivity index (χ4n) is 3.31. The molecule has 0 bridgehead atoms. The van der Waals surface area contributed by atoms with Crippen LogP contribution in [-0.2, 0) is 25.7 Å². The predicted molar refractivity (Wildman–Crippen MR) is 89.6 cm³/mol. The molecule has 1 aromatic carbocycles. The molecule has 0 fully saturated rings. The molecule has 2 heteroatoms. The van der Waals surface area contributed by atoms with Crippen molar-refractivity contribution in [2.45, 2.75) is 53.4 Å². The Morgan fingerprint density at radius 3 is 1.81 bits per heavy atom. The summed E-state index contributed by atoms with van der Waals surface area (Å²) in [5.41, 5.74) is 5.92. The number of hydrogen-bond acceptors (Lipinski definition) is 1. The van der Waals surface area contributed by atoms with Gasteiger partial charge in [-0.25, -0.2) is 0 Å². The molecule has 0 aliphatic rings. The summed E-state index contributed by atoms with van der Waals surface area (Å²) in [6, 6.07) is 10.0. The fourth-order valence-corrected chi connectivity index (χ4v) is 3.31. The molecule has 0 amide bonds. The Morgan fingerprint density at radius 2 is 1.33 bits per heavy atom. The third-order valence-electron chi connectivity index (χ3n) is 4.22. The van der Waals surface area contributed by atoms with Crippen LogP contribution in [0, 0.1) is 0 Å². The van der Waals surface area contributed by atoms with Gasteiger partial charge in [0.15, 0.2) is 0 Å². The maximum absolute atomic E-state index is 13.0. The molecule has 0 atom stereocenters. The van der Waals surface area contributed by atoms with E-state index in [0.717, 1.165) is 36.9 Å². The van der Waals surface area contributed by atoms with E-state index in [4.69, 9.17) is 0 Å². The monoisotopic (exact) mass is 283 g/mol. The molecule has 0 aliphatic carbocycles. The van der Waals surface area contributed by atoms with Gasteiger partial charge in [0.1, 0.15) is 0 Å². The van der Waals surface area contributed by atoms with Crippen molar-refractivity contribution in [2.24, 2.45) is 0 Å². The molecular weight excluding hydrogens is 258 g/mol. The van der Waals surface area contributed by atoms with Crippen LogP contribution in [0.4, 0.5) is 0 Å². The van der Waals surface area contributed by atoms with Gasteiger partial charge in [0.25, 0.3) is 5.56 Å². The molecule has 0 spiro atoms. The summed E-state index contributed by atoms with van der Waals surface area (Å²) >= 11 is 0. The minimum atomic E-state index is 0.162. The van der Waals surface area contributed by atoms with Gasteiger partial charge in [0, 0.05) is 16.9 Å². The molecule has 2 aromatic rings. The molecular formula is C19H25NO. The van der Waals surface area contributed by atoms with Crippen molar-refractivity contribution in [2.75, 3.05) is 0 Å². The number of para-hydroxylation sites is 1. The van der Waals surface area contributed by atoms with Crippen molar-refractivity contribution in [3.8, 4) is 5.69 Å². The molecule has 112 valence electrons. The van der Waals surface area contributed by atoms with E-state index in [1.54, 1.807) is 0 Å². The van der Waals surface area contributed by atoms with Gasteiger partial charge in [0.05, 0.1) is 0 Å². The lowest BCUT2D eigenvalue weighted by atomic mass is 9.94. The molecule has 0 aliphatic heterocycles. The van der Waals surface area contributed by atoms with Crippen molar-refractivity contribution in [1.29, 1.82) is 0 Å². The van der Waals surface area contributed by atoms with Crippen molar-refractivity contribution < 1.29 is 0 Å². The first-order valence-corrected chi connectivity index (χ1v) is 8.03. The number of aromatic nitrogens is 1. The third kappa shape index (κ3) is 2.67. The van der Waals surface area contributed by atoms with Gasteiger partial charge in [-0.2, -0.15) is 0 Å². The smallest absolute Gasteiger partial charge is 0.258 e. The molecule has 21 heavy (non-hydrogen) atoms. The number of pyridine rings is 1. The first-order chi connectivity index (χ1) is 10.2. The lowest BCUT2D eigenvalue weighted by molar-refractivity contribution is 0.799. The zero-order valence-corrected chi connectivity index (χ0v) is 13.6. The highest BCUT2D eigenvalue weighted by Gasteiger charge is 2.18. The largest absolute Gasteiger partial charge is 0.281 e. The molecule has 0 radical (unpaired) electrons. The van der Waals surface area contributed by atoms with Crippen LogP contribution in [0.1, 0.15) is 50.1 Å². The first kappa shape index (κ1) is 15.6. The summed E-state index contributed by atoms with van der Waals surface area (Å²) in [4.78, 5) is 13.0. The SMILES string of the molecule is CCc1c(CC)c(CC)n(-c2ccccc2)c(=O)c1CC. The Morgan fingerprint density at radius 1 is 0.762 bits per heavy atom.